The van der Waals surface area contributed by atoms with Gasteiger partial charge in [-0.1, -0.05) is 6.42 Å². The van der Waals surface area contributed by atoms with Gasteiger partial charge >= 0.3 is 0 Å². The fourth-order valence-electron chi connectivity index (χ4n) is 4.39. The number of nitrogens with one attached hydrogen (secondary N) is 2. The molecule has 1 aliphatic heterocycles. The maximum atomic E-state index is 3.91. The first-order valence-corrected chi connectivity index (χ1v) is 7.29. The van der Waals surface area contributed by atoms with Crippen LogP contribution in [0.2, 0.25) is 0 Å². The van der Waals surface area contributed by atoms with Crippen molar-refractivity contribution in [2.24, 2.45) is 17.8 Å². The zero-order valence-electron chi connectivity index (χ0n) is 10.5. The van der Waals surface area contributed by atoms with E-state index in [0.29, 0.717) is 0 Å². The van der Waals surface area contributed by atoms with E-state index in [1.54, 1.807) is 6.42 Å². The van der Waals surface area contributed by atoms with Crippen molar-refractivity contribution in [2.75, 3.05) is 13.1 Å². The second kappa shape index (κ2) is 4.66. The van der Waals surface area contributed by atoms with Crippen molar-refractivity contribution in [2.45, 2.75) is 57.5 Å². The molecule has 2 heteroatoms. The van der Waals surface area contributed by atoms with Gasteiger partial charge in [0.25, 0.3) is 0 Å². The Morgan fingerprint density at radius 2 is 1.88 bits per heavy atom. The molecule has 2 saturated carbocycles. The number of rotatable bonds is 3. The first-order valence-electron chi connectivity index (χ1n) is 7.29. The van der Waals surface area contributed by atoms with Gasteiger partial charge in [0, 0.05) is 12.1 Å². The van der Waals surface area contributed by atoms with Crippen molar-refractivity contribution in [3.05, 3.63) is 0 Å². The summed E-state index contributed by atoms with van der Waals surface area (Å²) in [4.78, 5) is 0. The second-order valence-electron chi connectivity index (χ2n) is 6.32. The molecule has 2 nitrogen and oxygen atoms in total. The fraction of sp³-hybridized carbons (Fsp3) is 1.00. The standard InChI is InChI=1S/C14H26N2/c1-10(16-13-4-6-15-7-5-13)14-9-11-2-3-12(14)8-11/h10-16H,2-9H2,1H3. The fourth-order valence-corrected chi connectivity index (χ4v) is 4.39. The molecular weight excluding hydrogens is 196 g/mol. The summed E-state index contributed by atoms with van der Waals surface area (Å²) in [5.41, 5.74) is 0. The third kappa shape index (κ3) is 2.14. The lowest BCUT2D eigenvalue weighted by atomic mass is 9.83. The predicted octanol–water partition coefficient (Wildman–Crippen LogP) is 2.15. The third-order valence-electron chi connectivity index (χ3n) is 5.27. The van der Waals surface area contributed by atoms with Gasteiger partial charge in [-0.3, -0.25) is 0 Å². The van der Waals surface area contributed by atoms with Crippen molar-refractivity contribution in [1.29, 1.82) is 0 Å². The summed E-state index contributed by atoms with van der Waals surface area (Å²) in [5, 5.41) is 7.35. The molecule has 92 valence electrons. The van der Waals surface area contributed by atoms with Gasteiger partial charge in [0.1, 0.15) is 0 Å². The van der Waals surface area contributed by atoms with E-state index < -0.39 is 0 Å². The summed E-state index contributed by atoms with van der Waals surface area (Å²) in [7, 11) is 0. The van der Waals surface area contributed by atoms with Gasteiger partial charge in [-0.2, -0.15) is 0 Å². The molecule has 1 saturated heterocycles. The molecule has 3 aliphatic rings. The lowest BCUT2D eigenvalue weighted by Gasteiger charge is -2.33. The van der Waals surface area contributed by atoms with Gasteiger partial charge in [-0.05, 0) is 69.9 Å². The van der Waals surface area contributed by atoms with Gasteiger partial charge in [-0.15, -0.1) is 0 Å². The number of hydrogen-bond donors (Lipinski definition) is 2. The van der Waals surface area contributed by atoms with E-state index in [-0.39, 0.29) is 0 Å². The smallest absolute Gasteiger partial charge is 0.00938 e. The molecule has 3 rings (SSSR count). The second-order valence-corrected chi connectivity index (χ2v) is 6.32. The minimum Gasteiger partial charge on any atom is -0.317 e. The zero-order chi connectivity index (χ0) is 11.0. The third-order valence-corrected chi connectivity index (χ3v) is 5.27. The van der Waals surface area contributed by atoms with Crippen LogP contribution in [0, 0.1) is 17.8 Å². The van der Waals surface area contributed by atoms with Crippen LogP contribution in [0.25, 0.3) is 0 Å². The van der Waals surface area contributed by atoms with Crippen LogP contribution < -0.4 is 10.6 Å². The van der Waals surface area contributed by atoms with E-state index in [1.807, 2.05) is 0 Å². The molecule has 0 aromatic rings. The van der Waals surface area contributed by atoms with Gasteiger partial charge in [0.15, 0.2) is 0 Å². The first-order chi connectivity index (χ1) is 7.83. The Morgan fingerprint density at radius 3 is 2.50 bits per heavy atom. The van der Waals surface area contributed by atoms with Crippen molar-refractivity contribution in [3.8, 4) is 0 Å². The van der Waals surface area contributed by atoms with Crippen LogP contribution in [0.1, 0.15) is 45.4 Å². The minimum absolute atomic E-state index is 0.762. The molecule has 2 aliphatic carbocycles. The van der Waals surface area contributed by atoms with E-state index in [9.17, 15) is 0 Å². The number of piperidine rings is 1. The van der Waals surface area contributed by atoms with Crippen LogP contribution in [0.5, 0.6) is 0 Å². The molecule has 2 bridgehead atoms. The van der Waals surface area contributed by atoms with Crippen molar-refractivity contribution in [3.63, 3.8) is 0 Å². The predicted molar refractivity (Wildman–Crippen MR) is 67.4 cm³/mol. The topological polar surface area (TPSA) is 24.1 Å². The van der Waals surface area contributed by atoms with Gasteiger partial charge in [-0.25, -0.2) is 0 Å². The molecule has 16 heavy (non-hydrogen) atoms. The van der Waals surface area contributed by atoms with Gasteiger partial charge < -0.3 is 10.6 Å². The van der Waals surface area contributed by atoms with Crippen molar-refractivity contribution >= 4 is 0 Å². The summed E-state index contributed by atoms with van der Waals surface area (Å²) in [5.74, 6) is 3.15. The van der Waals surface area contributed by atoms with Crippen LogP contribution >= 0.6 is 0 Å². The average Bonchev–Trinajstić information content (AvgIpc) is 2.92. The van der Waals surface area contributed by atoms with Gasteiger partial charge in [0.05, 0.1) is 0 Å². The van der Waals surface area contributed by atoms with E-state index in [2.05, 4.69) is 17.6 Å². The highest BCUT2D eigenvalue weighted by atomic mass is 15.0. The number of hydrogen-bond acceptors (Lipinski definition) is 2. The molecular formula is C14H26N2. The van der Waals surface area contributed by atoms with Crippen LogP contribution in [0.4, 0.5) is 0 Å². The Balaban J connectivity index is 1.51. The average molecular weight is 222 g/mol. The molecule has 1 heterocycles. The SMILES string of the molecule is CC(NC1CCNCC1)C1CC2CCC1C2. The van der Waals surface area contributed by atoms with Crippen LogP contribution in [-0.4, -0.2) is 25.2 Å². The van der Waals surface area contributed by atoms with E-state index in [0.717, 1.165) is 29.8 Å². The minimum atomic E-state index is 0.762. The normalized spacial score (nSPS) is 41.4. The highest BCUT2D eigenvalue weighted by molar-refractivity contribution is 4.95. The van der Waals surface area contributed by atoms with E-state index in [4.69, 9.17) is 0 Å². The summed E-state index contributed by atoms with van der Waals surface area (Å²) in [6.45, 7) is 4.86. The molecule has 3 fully saturated rings. The first kappa shape index (κ1) is 11.0. The Bertz CT molecular complexity index is 235. The molecule has 4 unspecified atom stereocenters. The van der Waals surface area contributed by atoms with Gasteiger partial charge in [0.2, 0.25) is 0 Å². The van der Waals surface area contributed by atoms with Crippen LogP contribution in [0.15, 0.2) is 0 Å². The van der Waals surface area contributed by atoms with Crippen molar-refractivity contribution in [1.82, 2.24) is 10.6 Å². The van der Waals surface area contributed by atoms with Crippen LogP contribution in [0.3, 0.4) is 0 Å². The Kier molecular flexibility index (Phi) is 3.21. The number of fused-ring (bicyclic) bond motifs is 2. The lowest BCUT2D eigenvalue weighted by molar-refractivity contribution is 0.231. The quantitative estimate of drug-likeness (QED) is 0.764. The maximum absolute atomic E-state index is 3.91. The highest BCUT2D eigenvalue weighted by Gasteiger charge is 2.41. The molecule has 0 amide bonds. The Morgan fingerprint density at radius 1 is 1.06 bits per heavy atom. The van der Waals surface area contributed by atoms with E-state index >= 15 is 0 Å². The van der Waals surface area contributed by atoms with Crippen LogP contribution in [-0.2, 0) is 0 Å². The molecule has 2 N–H and O–H groups in total. The Hall–Kier alpha value is -0.0800. The van der Waals surface area contributed by atoms with E-state index in [1.165, 1.54) is 45.2 Å². The molecule has 0 spiro atoms. The molecule has 0 aromatic carbocycles. The molecule has 0 aromatic heterocycles. The molecule has 0 radical (unpaired) electrons. The summed E-state index contributed by atoms with van der Waals surface area (Å²) in [6, 6.07) is 1.55. The lowest BCUT2D eigenvalue weighted by Crippen LogP contribution is -2.47. The highest BCUT2D eigenvalue weighted by Crippen LogP contribution is 2.49. The zero-order valence-corrected chi connectivity index (χ0v) is 10.5. The maximum Gasteiger partial charge on any atom is 0.00938 e. The summed E-state index contributed by atoms with van der Waals surface area (Å²) in [6.07, 6.45) is 8.76. The van der Waals surface area contributed by atoms with Crippen molar-refractivity contribution < 1.29 is 0 Å². The summed E-state index contributed by atoms with van der Waals surface area (Å²) >= 11 is 0. The Labute approximate surface area is 99.6 Å². The summed E-state index contributed by atoms with van der Waals surface area (Å²) < 4.78 is 0. The monoisotopic (exact) mass is 222 g/mol. The largest absolute Gasteiger partial charge is 0.317 e. The molecule has 4 atom stereocenters.